The number of hydrogen-bond donors (Lipinski definition) is 2. The molecule has 10 heteroatoms. The van der Waals surface area contributed by atoms with E-state index in [9.17, 15) is 23.1 Å². The van der Waals surface area contributed by atoms with Crippen molar-refractivity contribution in [3.05, 3.63) is 53.6 Å². The smallest absolute Gasteiger partial charge is 0.406 e. The molecule has 0 unspecified atom stereocenters. The van der Waals surface area contributed by atoms with Crippen LogP contribution in [0.2, 0.25) is 5.02 Å². The van der Waals surface area contributed by atoms with Crippen molar-refractivity contribution in [1.29, 1.82) is 0 Å². The Bertz CT molecular complexity index is 855. The lowest BCUT2D eigenvalue weighted by Gasteiger charge is -2.39. The average molecular weight is 458 g/mol. The molecular weight excluding hydrogens is 435 g/mol. The molecule has 1 fully saturated rings. The van der Waals surface area contributed by atoms with Crippen molar-refractivity contribution < 1.29 is 27.8 Å². The molecule has 1 heterocycles. The molecule has 3 rings (SSSR count). The molecule has 0 aliphatic carbocycles. The largest absolute Gasteiger partial charge is 0.573 e. The van der Waals surface area contributed by atoms with Crippen LogP contribution < -0.4 is 15.0 Å². The second-order valence-corrected chi connectivity index (χ2v) is 7.60. The maximum Gasteiger partial charge on any atom is 0.573 e. The summed E-state index contributed by atoms with van der Waals surface area (Å²) in [6.45, 7) is 2.31. The molecule has 1 aliphatic heterocycles. The molecule has 0 saturated carbocycles. The molecule has 0 aromatic heterocycles. The fraction of sp³-hybridized carbons (Fsp3) is 0.381. The third-order valence-electron chi connectivity index (χ3n) is 5.03. The van der Waals surface area contributed by atoms with E-state index in [0.29, 0.717) is 36.9 Å². The summed E-state index contributed by atoms with van der Waals surface area (Å²) in [5.41, 5.74) is 1.42. The third-order valence-corrected chi connectivity index (χ3v) is 5.28. The number of ether oxygens (including phenoxy) is 1. The number of nitrogens with one attached hydrogen (secondary N) is 1. The van der Waals surface area contributed by atoms with E-state index < -0.39 is 6.36 Å². The fourth-order valence-corrected chi connectivity index (χ4v) is 3.60. The molecule has 2 N–H and O–H groups in total. The molecule has 0 bridgehead atoms. The number of carbonyl (C=O) groups is 1. The van der Waals surface area contributed by atoms with Crippen molar-refractivity contribution in [2.45, 2.75) is 18.8 Å². The highest BCUT2D eigenvalue weighted by Crippen LogP contribution is 2.26. The minimum atomic E-state index is -4.72. The van der Waals surface area contributed by atoms with Crippen LogP contribution in [0.4, 0.5) is 24.5 Å². The average Bonchev–Trinajstić information content (AvgIpc) is 2.73. The van der Waals surface area contributed by atoms with E-state index in [4.69, 9.17) is 11.6 Å². The van der Waals surface area contributed by atoms with Crippen molar-refractivity contribution in [2.75, 3.05) is 43.0 Å². The van der Waals surface area contributed by atoms with Crippen LogP contribution in [0, 0.1) is 0 Å². The van der Waals surface area contributed by atoms with Crippen LogP contribution in [0.1, 0.15) is 6.42 Å². The zero-order chi connectivity index (χ0) is 22.4. The monoisotopic (exact) mass is 457 g/mol. The number of nitrogens with zero attached hydrogens (tertiary/aromatic N) is 2. The highest BCUT2D eigenvalue weighted by atomic mass is 35.5. The normalized spacial score (nSPS) is 16.1. The summed E-state index contributed by atoms with van der Waals surface area (Å²) in [5.74, 6) is -0.467. The Morgan fingerprint density at radius 2 is 1.68 bits per heavy atom. The van der Waals surface area contributed by atoms with Gasteiger partial charge in [0.25, 0.3) is 0 Å². The molecule has 1 aliphatic rings. The first-order valence-corrected chi connectivity index (χ1v) is 10.1. The quantitative estimate of drug-likeness (QED) is 0.663. The number of carbonyl (C=O) groups excluding carboxylic acids is 1. The van der Waals surface area contributed by atoms with E-state index in [0.717, 1.165) is 5.69 Å². The number of rotatable bonds is 7. The summed E-state index contributed by atoms with van der Waals surface area (Å²) >= 11 is 5.84. The van der Waals surface area contributed by atoms with Crippen LogP contribution in [0.25, 0.3) is 0 Å². The Kier molecular flexibility index (Phi) is 7.64. The Balaban J connectivity index is 1.50. The molecule has 2 aromatic rings. The second kappa shape index (κ2) is 10.2. The summed E-state index contributed by atoms with van der Waals surface area (Å²) in [7, 11) is 0. The fourth-order valence-electron chi connectivity index (χ4n) is 3.47. The van der Waals surface area contributed by atoms with Crippen LogP contribution in [0.5, 0.6) is 5.75 Å². The first kappa shape index (κ1) is 23.2. The van der Waals surface area contributed by atoms with E-state index in [2.05, 4.69) is 10.1 Å². The summed E-state index contributed by atoms with van der Waals surface area (Å²) < 4.78 is 40.7. The van der Waals surface area contributed by atoms with Gasteiger partial charge >= 0.3 is 6.36 Å². The molecule has 1 atom stereocenters. The van der Waals surface area contributed by atoms with Gasteiger partial charge in [0.05, 0.1) is 6.61 Å². The van der Waals surface area contributed by atoms with Crippen LogP contribution in [-0.4, -0.2) is 61.1 Å². The van der Waals surface area contributed by atoms with Crippen LogP contribution in [0.15, 0.2) is 48.5 Å². The van der Waals surface area contributed by atoms with Crippen molar-refractivity contribution in [2.24, 2.45) is 0 Å². The van der Waals surface area contributed by atoms with E-state index in [1.54, 1.807) is 36.4 Å². The maximum atomic E-state index is 12.3. The first-order chi connectivity index (χ1) is 14.7. The van der Waals surface area contributed by atoms with Crippen molar-refractivity contribution in [3.63, 3.8) is 0 Å². The van der Waals surface area contributed by atoms with Gasteiger partial charge in [-0.1, -0.05) is 11.6 Å². The van der Waals surface area contributed by atoms with Gasteiger partial charge < -0.3 is 20.1 Å². The Hall–Kier alpha value is -2.49. The van der Waals surface area contributed by atoms with Gasteiger partial charge in [-0.25, -0.2) is 0 Å². The van der Waals surface area contributed by atoms with Gasteiger partial charge in [-0.2, -0.15) is 0 Å². The number of benzene rings is 2. The molecule has 0 radical (unpaired) electrons. The number of piperazine rings is 1. The maximum absolute atomic E-state index is 12.3. The Morgan fingerprint density at radius 3 is 2.23 bits per heavy atom. The molecule has 2 aromatic carbocycles. The summed E-state index contributed by atoms with van der Waals surface area (Å²) in [5, 5.41) is 13.1. The first-order valence-electron chi connectivity index (χ1n) is 9.74. The van der Waals surface area contributed by atoms with Gasteiger partial charge in [0.1, 0.15) is 5.75 Å². The standard InChI is InChI=1S/C21H23ClF3N3O3/c22-15-1-3-16(4-2-15)26-20(30)13-18(14-29)28-11-9-27(10-12-28)17-5-7-19(8-6-17)31-21(23,24)25/h1-8,18,29H,9-14H2,(H,26,30)/t18-/m1/s1. The van der Waals surface area contributed by atoms with Gasteiger partial charge in [-0.3, -0.25) is 9.69 Å². The predicted octanol–water partition coefficient (Wildman–Crippen LogP) is 3.75. The lowest BCUT2D eigenvalue weighted by Crippen LogP contribution is -2.52. The van der Waals surface area contributed by atoms with Gasteiger partial charge in [-0.15, -0.1) is 13.2 Å². The molecule has 1 saturated heterocycles. The van der Waals surface area contributed by atoms with E-state index in [-0.39, 0.29) is 30.7 Å². The van der Waals surface area contributed by atoms with Gasteiger partial charge in [0, 0.05) is 55.0 Å². The van der Waals surface area contributed by atoms with Crippen LogP contribution in [0.3, 0.4) is 0 Å². The van der Waals surface area contributed by atoms with Gasteiger partial charge in [-0.05, 0) is 48.5 Å². The molecule has 6 nitrogen and oxygen atoms in total. The Morgan fingerprint density at radius 1 is 1.06 bits per heavy atom. The SMILES string of the molecule is O=C(C[C@H](CO)N1CCN(c2ccc(OC(F)(F)F)cc2)CC1)Nc1ccc(Cl)cc1. The van der Waals surface area contributed by atoms with E-state index >= 15 is 0 Å². The van der Waals surface area contributed by atoms with Crippen LogP contribution in [-0.2, 0) is 4.79 Å². The molecule has 0 spiro atoms. The summed E-state index contributed by atoms with van der Waals surface area (Å²) in [6, 6.07) is 12.2. The van der Waals surface area contributed by atoms with Gasteiger partial charge in [0.2, 0.25) is 5.91 Å². The number of aliphatic hydroxyl groups is 1. The molecule has 168 valence electrons. The predicted molar refractivity (Wildman–Crippen MR) is 112 cm³/mol. The zero-order valence-corrected chi connectivity index (χ0v) is 17.4. The highest BCUT2D eigenvalue weighted by Gasteiger charge is 2.31. The molecule has 1 amide bonds. The highest BCUT2D eigenvalue weighted by molar-refractivity contribution is 6.30. The number of aliphatic hydroxyl groups excluding tert-OH is 1. The minimum Gasteiger partial charge on any atom is -0.406 e. The van der Waals surface area contributed by atoms with Crippen molar-refractivity contribution in [1.82, 2.24) is 4.90 Å². The topological polar surface area (TPSA) is 65.0 Å². The number of anilines is 2. The summed E-state index contributed by atoms with van der Waals surface area (Å²) in [4.78, 5) is 16.4. The number of amides is 1. The molecular formula is C21H23ClF3N3O3. The van der Waals surface area contributed by atoms with E-state index in [1.807, 2.05) is 9.80 Å². The van der Waals surface area contributed by atoms with Crippen molar-refractivity contribution in [3.8, 4) is 5.75 Å². The number of halogens is 4. The second-order valence-electron chi connectivity index (χ2n) is 7.16. The van der Waals surface area contributed by atoms with Crippen LogP contribution >= 0.6 is 11.6 Å². The molecule has 31 heavy (non-hydrogen) atoms. The third kappa shape index (κ3) is 7.02. The Labute approximate surface area is 183 Å². The van der Waals surface area contributed by atoms with Crippen molar-refractivity contribution >= 4 is 28.9 Å². The number of alkyl halides is 3. The lowest BCUT2D eigenvalue weighted by molar-refractivity contribution is -0.274. The lowest BCUT2D eigenvalue weighted by atomic mass is 10.1. The summed E-state index contributed by atoms with van der Waals surface area (Å²) in [6.07, 6.45) is -4.57. The number of hydrogen-bond acceptors (Lipinski definition) is 5. The minimum absolute atomic E-state index is 0.141. The van der Waals surface area contributed by atoms with E-state index in [1.165, 1.54) is 12.1 Å². The van der Waals surface area contributed by atoms with Gasteiger partial charge in [0.15, 0.2) is 0 Å². The zero-order valence-electron chi connectivity index (χ0n) is 16.6.